The fourth-order valence-corrected chi connectivity index (χ4v) is 3.30. The summed E-state index contributed by atoms with van der Waals surface area (Å²) >= 11 is 0. The number of fused-ring (bicyclic) bond motifs is 1. The summed E-state index contributed by atoms with van der Waals surface area (Å²) in [5.41, 5.74) is 3.21. The number of hydrogen-bond acceptors (Lipinski definition) is 1. The van der Waals surface area contributed by atoms with Crippen LogP contribution in [0.2, 0.25) is 0 Å². The van der Waals surface area contributed by atoms with E-state index in [0.717, 1.165) is 6.04 Å². The molecule has 0 radical (unpaired) electrons. The molecule has 0 aromatic heterocycles. The molecule has 0 N–H and O–H groups in total. The van der Waals surface area contributed by atoms with Gasteiger partial charge in [0.15, 0.2) is 0 Å². The van der Waals surface area contributed by atoms with Crippen LogP contribution in [0.3, 0.4) is 0 Å². The average Bonchev–Trinajstić information content (AvgIpc) is 2.75. The van der Waals surface area contributed by atoms with Crippen LogP contribution in [0.4, 0.5) is 0 Å². The lowest BCUT2D eigenvalue weighted by atomic mass is 10.0. The van der Waals surface area contributed by atoms with Crippen molar-refractivity contribution in [3.63, 3.8) is 0 Å². The predicted molar refractivity (Wildman–Crippen MR) is 67.7 cm³/mol. The van der Waals surface area contributed by atoms with Crippen LogP contribution in [0.15, 0.2) is 24.3 Å². The molecule has 1 nitrogen and oxygen atoms in total. The number of aryl methyl sites for hydroxylation is 1. The minimum absolute atomic E-state index is 0.825. The Morgan fingerprint density at radius 1 is 0.938 bits per heavy atom. The maximum Gasteiger partial charge on any atom is 0.0136 e. The molecule has 86 valence electrons. The number of likely N-dealkylation sites (tertiary alicyclic amines) is 1. The summed E-state index contributed by atoms with van der Waals surface area (Å²) in [6.07, 6.45) is 8.18. The van der Waals surface area contributed by atoms with Crippen LogP contribution < -0.4 is 0 Å². The molecular formula is C15H21N. The molecule has 0 saturated carbocycles. The van der Waals surface area contributed by atoms with Gasteiger partial charge in [-0.1, -0.05) is 24.3 Å². The first-order chi connectivity index (χ1) is 7.93. The lowest BCUT2D eigenvalue weighted by Gasteiger charge is -2.26. The summed E-state index contributed by atoms with van der Waals surface area (Å²) in [7, 11) is 0. The number of benzene rings is 1. The first kappa shape index (κ1) is 10.3. The van der Waals surface area contributed by atoms with Crippen LogP contribution in [0, 0.1) is 0 Å². The van der Waals surface area contributed by atoms with E-state index in [1.807, 2.05) is 0 Å². The SMILES string of the molecule is c1ccc2c(c1)CCCC(N1CCCC1)C2. The van der Waals surface area contributed by atoms with E-state index >= 15 is 0 Å². The van der Waals surface area contributed by atoms with Gasteiger partial charge >= 0.3 is 0 Å². The van der Waals surface area contributed by atoms with Crippen molar-refractivity contribution in [3.8, 4) is 0 Å². The Bertz CT molecular complexity index is 352. The lowest BCUT2D eigenvalue weighted by Crippen LogP contribution is -2.33. The fourth-order valence-electron chi connectivity index (χ4n) is 3.30. The Morgan fingerprint density at radius 2 is 1.69 bits per heavy atom. The monoisotopic (exact) mass is 215 g/mol. The zero-order valence-corrected chi connectivity index (χ0v) is 9.99. The van der Waals surface area contributed by atoms with Crippen LogP contribution in [-0.4, -0.2) is 24.0 Å². The van der Waals surface area contributed by atoms with Gasteiger partial charge in [-0.2, -0.15) is 0 Å². The minimum atomic E-state index is 0.825. The van der Waals surface area contributed by atoms with Gasteiger partial charge in [0, 0.05) is 6.04 Å². The molecular weight excluding hydrogens is 194 g/mol. The van der Waals surface area contributed by atoms with Crippen molar-refractivity contribution < 1.29 is 0 Å². The van der Waals surface area contributed by atoms with Crippen molar-refractivity contribution in [2.75, 3.05) is 13.1 Å². The van der Waals surface area contributed by atoms with E-state index in [1.165, 1.54) is 51.6 Å². The van der Waals surface area contributed by atoms with Gasteiger partial charge in [-0.25, -0.2) is 0 Å². The van der Waals surface area contributed by atoms with E-state index in [1.54, 1.807) is 11.1 Å². The molecule has 1 atom stereocenters. The number of hydrogen-bond donors (Lipinski definition) is 0. The van der Waals surface area contributed by atoms with E-state index < -0.39 is 0 Å². The van der Waals surface area contributed by atoms with E-state index in [9.17, 15) is 0 Å². The quantitative estimate of drug-likeness (QED) is 0.651. The maximum atomic E-state index is 2.72. The number of nitrogens with zero attached hydrogens (tertiary/aromatic N) is 1. The van der Waals surface area contributed by atoms with Gasteiger partial charge in [0.05, 0.1) is 0 Å². The lowest BCUT2D eigenvalue weighted by molar-refractivity contribution is 0.229. The zero-order valence-electron chi connectivity index (χ0n) is 9.99. The molecule has 1 heteroatoms. The highest BCUT2D eigenvalue weighted by Gasteiger charge is 2.24. The Morgan fingerprint density at radius 3 is 2.50 bits per heavy atom. The smallest absolute Gasteiger partial charge is 0.0136 e. The Hall–Kier alpha value is -0.820. The highest BCUT2D eigenvalue weighted by molar-refractivity contribution is 5.29. The van der Waals surface area contributed by atoms with E-state index in [-0.39, 0.29) is 0 Å². The van der Waals surface area contributed by atoms with Crippen molar-refractivity contribution in [2.24, 2.45) is 0 Å². The van der Waals surface area contributed by atoms with E-state index in [0.29, 0.717) is 0 Å². The summed E-state index contributed by atoms with van der Waals surface area (Å²) in [6, 6.07) is 9.87. The topological polar surface area (TPSA) is 3.24 Å². The van der Waals surface area contributed by atoms with Crippen molar-refractivity contribution in [1.29, 1.82) is 0 Å². The summed E-state index contributed by atoms with van der Waals surface area (Å²) in [5, 5.41) is 0. The number of rotatable bonds is 1. The van der Waals surface area contributed by atoms with E-state index in [4.69, 9.17) is 0 Å². The average molecular weight is 215 g/mol. The fraction of sp³-hybridized carbons (Fsp3) is 0.600. The summed E-state index contributed by atoms with van der Waals surface area (Å²) in [5.74, 6) is 0. The highest BCUT2D eigenvalue weighted by atomic mass is 15.2. The van der Waals surface area contributed by atoms with Crippen LogP contribution in [0.1, 0.15) is 36.8 Å². The van der Waals surface area contributed by atoms with Crippen molar-refractivity contribution in [3.05, 3.63) is 35.4 Å². The van der Waals surface area contributed by atoms with Gasteiger partial charge in [-0.3, -0.25) is 0 Å². The van der Waals surface area contributed by atoms with Crippen molar-refractivity contribution in [2.45, 2.75) is 44.6 Å². The summed E-state index contributed by atoms with van der Waals surface area (Å²) < 4.78 is 0. The molecule has 1 heterocycles. The third-order valence-electron chi connectivity index (χ3n) is 4.21. The van der Waals surface area contributed by atoms with Gasteiger partial charge in [0.2, 0.25) is 0 Å². The first-order valence-electron chi connectivity index (χ1n) is 6.74. The van der Waals surface area contributed by atoms with Gasteiger partial charge in [0.25, 0.3) is 0 Å². The summed E-state index contributed by atoms with van der Waals surface area (Å²) in [6.45, 7) is 2.68. The molecule has 1 unspecified atom stereocenters. The Balaban J connectivity index is 1.79. The molecule has 1 aliphatic carbocycles. The molecule has 0 bridgehead atoms. The molecule has 1 aromatic rings. The van der Waals surface area contributed by atoms with Crippen LogP contribution in [-0.2, 0) is 12.8 Å². The molecule has 1 aliphatic heterocycles. The second-order valence-electron chi connectivity index (χ2n) is 5.26. The van der Waals surface area contributed by atoms with Gasteiger partial charge in [-0.15, -0.1) is 0 Å². The van der Waals surface area contributed by atoms with Gasteiger partial charge < -0.3 is 4.90 Å². The van der Waals surface area contributed by atoms with Gasteiger partial charge in [0.1, 0.15) is 0 Å². The predicted octanol–water partition coefficient (Wildman–Crippen LogP) is 3.03. The highest BCUT2D eigenvalue weighted by Crippen LogP contribution is 2.25. The third kappa shape index (κ3) is 2.01. The second-order valence-corrected chi connectivity index (χ2v) is 5.26. The molecule has 0 amide bonds. The molecule has 3 rings (SSSR count). The molecule has 1 aromatic carbocycles. The standard InChI is InChI=1S/C15H21N/c1-2-7-14-12-15(16-10-3-4-11-16)9-5-8-13(14)6-1/h1-2,6-7,15H,3-5,8-12H2. The van der Waals surface area contributed by atoms with Crippen molar-refractivity contribution >= 4 is 0 Å². The van der Waals surface area contributed by atoms with Gasteiger partial charge in [-0.05, 0) is 62.7 Å². The second kappa shape index (κ2) is 4.58. The largest absolute Gasteiger partial charge is 0.300 e. The molecule has 0 spiro atoms. The zero-order chi connectivity index (χ0) is 10.8. The minimum Gasteiger partial charge on any atom is -0.300 e. The van der Waals surface area contributed by atoms with Crippen LogP contribution in [0.5, 0.6) is 0 Å². The molecule has 1 fully saturated rings. The molecule has 2 aliphatic rings. The maximum absolute atomic E-state index is 2.72. The Labute approximate surface area is 98.5 Å². The summed E-state index contributed by atoms with van der Waals surface area (Å²) in [4.78, 5) is 2.72. The van der Waals surface area contributed by atoms with Crippen molar-refractivity contribution in [1.82, 2.24) is 4.90 Å². The third-order valence-corrected chi connectivity index (χ3v) is 4.21. The normalized spacial score (nSPS) is 26.4. The molecule has 16 heavy (non-hydrogen) atoms. The van der Waals surface area contributed by atoms with E-state index in [2.05, 4.69) is 29.2 Å². The molecule has 1 saturated heterocycles. The van der Waals surface area contributed by atoms with Crippen LogP contribution >= 0.6 is 0 Å². The Kier molecular flexibility index (Phi) is 2.96. The van der Waals surface area contributed by atoms with Crippen LogP contribution in [0.25, 0.3) is 0 Å². The first-order valence-corrected chi connectivity index (χ1v) is 6.74.